The highest BCUT2D eigenvalue weighted by Gasteiger charge is 2.13. The summed E-state index contributed by atoms with van der Waals surface area (Å²) < 4.78 is 0. The summed E-state index contributed by atoms with van der Waals surface area (Å²) in [6.45, 7) is 5.35. The van der Waals surface area contributed by atoms with Crippen LogP contribution in [0.3, 0.4) is 0 Å². The van der Waals surface area contributed by atoms with E-state index in [2.05, 4.69) is 9.78 Å². The minimum Gasteiger partial charge on any atom is -0.295 e. The molecule has 0 heterocycles. The Hall–Kier alpha value is -0.610. The van der Waals surface area contributed by atoms with Crippen LogP contribution < -0.4 is 0 Å². The predicted molar refractivity (Wildman–Crippen MR) is 37.0 cm³/mol. The van der Waals surface area contributed by atoms with Crippen molar-refractivity contribution in [3.63, 3.8) is 0 Å². The summed E-state index contributed by atoms with van der Waals surface area (Å²) in [4.78, 5) is 19.1. The molecule has 0 saturated heterocycles. The summed E-state index contributed by atoms with van der Waals surface area (Å²) in [5.74, 6) is -0.588. The average molecular weight is 161 g/mol. The third-order valence-electron chi connectivity index (χ3n) is 0.874. The lowest BCUT2D eigenvalue weighted by Crippen LogP contribution is -2.19. The van der Waals surface area contributed by atoms with Gasteiger partial charge in [0.05, 0.1) is 6.61 Å². The molecule has 4 heteroatoms. The van der Waals surface area contributed by atoms with E-state index in [1.165, 1.54) is 6.92 Å². The fourth-order valence-corrected chi connectivity index (χ4v) is 0.296. The molecule has 1 atom stereocenters. The Bertz CT molecular complexity index is 120. The van der Waals surface area contributed by atoms with E-state index in [1.807, 2.05) is 13.8 Å². The summed E-state index contributed by atoms with van der Waals surface area (Å²) in [7, 11) is 0. The first-order valence-electron chi connectivity index (χ1n) is 3.53. The molecule has 0 aliphatic heterocycles. The largest absolute Gasteiger partial charge is 0.373 e. The van der Waals surface area contributed by atoms with Crippen molar-refractivity contribution in [3.05, 3.63) is 0 Å². The molecule has 0 N–H and O–H groups in total. The minimum atomic E-state index is -1.37. The quantitative estimate of drug-likeness (QED) is 0.455. The molecule has 0 aromatic carbocycles. The van der Waals surface area contributed by atoms with E-state index in [0.29, 0.717) is 6.61 Å². The summed E-state index contributed by atoms with van der Waals surface area (Å²) in [5.41, 5.74) is 0. The van der Waals surface area contributed by atoms with Crippen LogP contribution in [0.4, 0.5) is 0 Å². The zero-order chi connectivity index (χ0) is 8.85. The first-order chi connectivity index (χ1) is 5.04. The van der Waals surface area contributed by atoms with Crippen LogP contribution in [0.25, 0.3) is 0 Å². The van der Waals surface area contributed by atoms with Crippen LogP contribution in [0.15, 0.2) is 0 Å². The van der Waals surface area contributed by atoms with Gasteiger partial charge in [0.1, 0.15) is 0 Å². The highest BCUT2D eigenvalue weighted by Crippen LogP contribution is 1.95. The lowest BCUT2D eigenvalue weighted by molar-refractivity contribution is -0.283. The fourth-order valence-electron chi connectivity index (χ4n) is 0.296. The van der Waals surface area contributed by atoms with Crippen molar-refractivity contribution in [2.45, 2.75) is 26.9 Å². The smallest absolute Gasteiger partial charge is 0.295 e. The third kappa shape index (κ3) is 5.82. The lowest BCUT2D eigenvalue weighted by atomic mass is 10.2. The zero-order valence-electron chi connectivity index (χ0n) is 6.99. The van der Waals surface area contributed by atoms with Gasteiger partial charge in [-0.3, -0.25) is 4.89 Å². The van der Waals surface area contributed by atoms with Gasteiger partial charge < -0.3 is 0 Å². The number of hydrogen-bond acceptors (Lipinski definition) is 3. The second-order valence-electron chi connectivity index (χ2n) is 2.72. The number of rotatable bonds is 4. The third-order valence-corrected chi connectivity index (χ3v) is 0.874. The van der Waals surface area contributed by atoms with Gasteiger partial charge in [-0.05, 0) is 12.8 Å². The van der Waals surface area contributed by atoms with Gasteiger partial charge in [0.15, 0.2) is 6.10 Å². The summed E-state index contributed by atoms with van der Waals surface area (Å²) in [6, 6.07) is 0. The Morgan fingerprint density at radius 3 is 2.27 bits per heavy atom. The van der Waals surface area contributed by atoms with Crippen molar-refractivity contribution in [2.24, 2.45) is 5.92 Å². The van der Waals surface area contributed by atoms with Crippen LogP contribution in [0.2, 0.25) is 0 Å². The standard InChI is InChI=1S/C7H13O4/c1-5(2)4-10-11-7(9)6(3)8/h5-6H,4H2,1-3H3. The Kier molecular flexibility index (Phi) is 4.81. The van der Waals surface area contributed by atoms with Gasteiger partial charge in [-0.15, -0.1) is 0 Å². The molecule has 1 unspecified atom stereocenters. The Morgan fingerprint density at radius 2 is 1.91 bits per heavy atom. The molecule has 0 saturated carbocycles. The van der Waals surface area contributed by atoms with Crippen molar-refractivity contribution in [2.75, 3.05) is 6.61 Å². The van der Waals surface area contributed by atoms with Crippen molar-refractivity contribution in [1.29, 1.82) is 0 Å². The molecule has 0 spiro atoms. The molecular weight excluding hydrogens is 148 g/mol. The first-order valence-corrected chi connectivity index (χ1v) is 3.53. The molecule has 0 bridgehead atoms. The molecule has 1 radical (unpaired) electrons. The van der Waals surface area contributed by atoms with Crippen LogP contribution in [-0.4, -0.2) is 18.7 Å². The van der Waals surface area contributed by atoms with Gasteiger partial charge in [0.2, 0.25) is 0 Å². The number of carbonyl (C=O) groups is 1. The Labute approximate surface area is 66.0 Å². The van der Waals surface area contributed by atoms with Crippen molar-refractivity contribution in [3.8, 4) is 0 Å². The molecule has 11 heavy (non-hydrogen) atoms. The molecule has 4 nitrogen and oxygen atoms in total. The van der Waals surface area contributed by atoms with Crippen LogP contribution in [0.1, 0.15) is 20.8 Å². The first kappa shape index (κ1) is 10.4. The predicted octanol–water partition coefficient (Wildman–Crippen LogP) is 0.936. The molecule has 65 valence electrons. The maximum absolute atomic E-state index is 10.5. The van der Waals surface area contributed by atoms with E-state index in [1.54, 1.807) is 0 Å². The molecular formula is C7H13O4. The van der Waals surface area contributed by atoms with Crippen LogP contribution >= 0.6 is 0 Å². The van der Waals surface area contributed by atoms with Crippen molar-refractivity contribution >= 4 is 5.97 Å². The number of carbonyl (C=O) groups excluding carboxylic acids is 1. The zero-order valence-corrected chi connectivity index (χ0v) is 6.99. The molecule has 0 aromatic heterocycles. The van der Waals surface area contributed by atoms with Gasteiger partial charge in [0, 0.05) is 0 Å². The van der Waals surface area contributed by atoms with Gasteiger partial charge >= 0.3 is 5.97 Å². The normalized spacial score (nSPS) is 13.2. The van der Waals surface area contributed by atoms with Crippen LogP contribution in [0.5, 0.6) is 0 Å². The van der Waals surface area contributed by atoms with E-state index < -0.39 is 12.1 Å². The highest BCUT2D eigenvalue weighted by molar-refractivity contribution is 5.72. The summed E-state index contributed by atoms with van der Waals surface area (Å²) in [6.07, 6.45) is -1.37. The minimum absolute atomic E-state index is 0.282. The van der Waals surface area contributed by atoms with Crippen LogP contribution in [-0.2, 0) is 19.7 Å². The average Bonchev–Trinajstić information content (AvgIpc) is 1.86. The highest BCUT2D eigenvalue weighted by atomic mass is 17.2. The maximum Gasteiger partial charge on any atom is 0.373 e. The molecule has 0 fully saturated rings. The monoisotopic (exact) mass is 161 g/mol. The maximum atomic E-state index is 10.5. The SMILES string of the molecule is CC(C)COOC(=O)C(C)[O]. The topological polar surface area (TPSA) is 55.4 Å². The summed E-state index contributed by atoms with van der Waals surface area (Å²) in [5, 5.41) is 10.3. The van der Waals surface area contributed by atoms with Gasteiger partial charge in [-0.25, -0.2) is 9.90 Å². The van der Waals surface area contributed by atoms with Gasteiger partial charge in [0.25, 0.3) is 0 Å². The Morgan fingerprint density at radius 1 is 1.36 bits per heavy atom. The van der Waals surface area contributed by atoms with E-state index in [0.717, 1.165) is 0 Å². The number of hydrogen-bond donors (Lipinski definition) is 0. The van der Waals surface area contributed by atoms with Crippen molar-refractivity contribution < 1.29 is 19.7 Å². The van der Waals surface area contributed by atoms with E-state index in [9.17, 15) is 9.90 Å². The van der Waals surface area contributed by atoms with Gasteiger partial charge in [-0.1, -0.05) is 13.8 Å². The van der Waals surface area contributed by atoms with E-state index >= 15 is 0 Å². The Balaban J connectivity index is 3.32. The fraction of sp³-hybridized carbons (Fsp3) is 0.857. The van der Waals surface area contributed by atoms with E-state index in [4.69, 9.17) is 0 Å². The van der Waals surface area contributed by atoms with E-state index in [-0.39, 0.29) is 5.92 Å². The molecule has 0 aliphatic rings. The molecule has 0 amide bonds. The molecule has 0 aromatic rings. The second-order valence-corrected chi connectivity index (χ2v) is 2.72. The molecule has 0 rings (SSSR count). The van der Waals surface area contributed by atoms with Gasteiger partial charge in [-0.2, -0.15) is 4.89 Å². The molecule has 0 aliphatic carbocycles. The van der Waals surface area contributed by atoms with Crippen LogP contribution in [0, 0.1) is 5.92 Å². The van der Waals surface area contributed by atoms with Crippen molar-refractivity contribution in [1.82, 2.24) is 0 Å². The second kappa shape index (κ2) is 5.09. The lowest BCUT2D eigenvalue weighted by Gasteiger charge is -2.05. The summed E-state index contributed by atoms with van der Waals surface area (Å²) >= 11 is 0.